The van der Waals surface area contributed by atoms with Crippen molar-refractivity contribution in [1.29, 1.82) is 0 Å². The van der Waals surface area contributed by atoms with E-state index < -0.39 is 6.04 Å². The second kappa shape index (κ2) is 9.84. The molecule has 0 saturated carbocycles. The molecule has 1 atom stereocenters. The zero-order chi connectivity index (χ0) is 18.0. The molecule has 0 spiro atoms. The molecule has 1 amide bonds. The van der Waals surface area contributed by atoms with Crippen LogP contribution in [0.2, 0.25) is 0 Å². The monoisotopic (exact) mass is 435 g/mol. The molecular formula is C17H27Cl2N5O2S. The van der Waals surface area contributed by atoms with Crippen molar-refractivity contribution in [3.63, 3.8) is 0 Å². The Labute approximate surface area is 176 Å². The topological polar surface area (TPSA) is 88.5 Å². The van der Waals surface area contributed by atoms with Crippen molar-refractivity contribution < 1.29 is 9.32 Å². The minimum atomic E-state index is -0.469. The van der Waals surface area contributed by atoms with Gasteiger partial charge in [0.25, 0.3) is 0 Å². The van der Waals surface area contributed by atoms with E-state index >= 15 is 0 Å². The number of piperazine rings is 1. The predicted octanol–water partition coefficient (Wildman–Crippen LogP) is 2.66. The van der Waals surface area contributed by atoms with Gasteiger partial charge in [0.1, 0.15) is 0 Å². The van der Waals surface area contributed by atoms with Crippen molar-refractivity contribution in [2.75, 3.05) is 26.2 Å². The smallest absolute Gasteiger partial charge is 0.241 e. The first-order valence-corrected chi connectivity index (χ1v) is 9.36. The van der Waals surface area contributed by atoms with E-state index in [1.54, 1.807) is 11.3 Å². The molecule has 0 aliphatic carbocycles. The van der Waals surface area contributed by atoms with Crippen LogP contribution in [0.1, 0.15) is 26.7 Å². The van der Waals surface area contributed by atoms with Crippen molar-refractivity contribution in [1.82, 2.24) is 19.9 Å². The quantitative estimate of drug-likeness (QED) is 0.793. The van der Waals surface area contributed by atoms with Crippen LogP contribution >= 0.6 is 36.2 Å². The molecule has 2 aromatic heterocycles. The van der Waals surface area contributed by atoms with E-state index in [9.17, 15) is 4.79 Å². The average Bonchev–Trinajstić information content (AvgIpc) is 3.24. The van der Waals surface area contributed by atoms with Gasteiger partial charge in [0.15, 0.2) is 0 Å². The van der Waals surface area contributed by atoms with Gasteiger partial charge in [0.05, 0.1) is 17.5 Å². The highest BCUT2D eigenvalue weighted by atomic mass is 35.5. The average molecular weight is 436 g/mol. The van der Waals surface area contributed by atoms with Crippen LogP contribution in [0.5, 0.6) is 0 Å². The fraction of sp³-hybridized carbons (Fsp3) is 0.588. The maximum atomic E-state index is 12.5. The third-order valence-corrected chi connectivity index (χ3v) is 5.32. The molecule has 3 rings (SSSR count). The largest absolute Gasteiger partial charge is 0.339 e. The fourth-order valence-electron chi connectivity index (χ4n) is 2.71. The highest BCUT2D eigenvalue weighted by Gasteiger charge is 2.32. The number of halogens is 2. The van der Waals surface area contributed by atoms with Gasteiger partial charge in [0.2, 0.25) is 17.6 Å². The van der Waals surface area contributed by atoms with Crippen molar-refractivity contribution in [3.05, 3.63) is 23.4 Å². The number of amides is 1. The first-order valence-electron chi connectivity index (χ1n) is 8.48. The van der Waals surface area contributed by atoms with Gasteiger partial charge in [-0.05, 0) is 16.9 Å². The summed E-state index contributed by atoms with van der Waals surface area (Å²) in [7, 11) is 0. The van der Waals surface area contributed by atoms with E-state index in [4.69, 9.17) is 10.3 Å². The Kier molecular flexibility index (Phi) is 8.69. The molecule has 10 heteroatoms. The van der Waals surface area contributed by atoms with Gasteiger partial charge in [-0.1, -0.05) is 32.0 Å². The third-order valence-electron chi connectivity index (χ3n) is 4.45. The number of rotatable bonds is 4. The predicted molar refractivity (Wildman–Crippen MR) is 111 cm³/mol. The normalized spacial score (nSPS) is 16.4. The fourth-order valence-corrected chi connectivity index (χ4v) is 3.36. The minimum Gasteiger partial charge on any atom is -0.339 e. The number of thiophene rings is 1. The van der Waals surface area contributed by atoms with Gasteiger partial charge < -0.3 is 15.2 Å². The lowest BCUT2D eigenvalue weighted by Gasteiger charge is -2.37. The van der Waals surface area contributed by atoms with E-state index in [2.05, 4.69) is 15.0 Å². The van der Waals surface area contributed by atoms with Crippen molar-refractivity contribution in [3.8, 4) is 10.7 Å². The molecule has 0 radical (unpaired) electrons. The molecule has 27 heavy (non-hydrogen) atoms. The number of nitrogens with zero attached hydrogens (tertiary/aromatic N) is 4. The first-order chi connectivity index (χ1) is 11.8. The Balaban J connectivity index is 0.00000182. The van der Waals surface area contributed by atoms with Crippen molar-refractivity contribution >= 4 is 42.1 Å². The third kappa shape index (κ3) is 5.89. The van der Waals surface area contributed by atoms with Crippen LogP contribution in [0, 0.1) is 5.41 Å². The number of nitrogens with two attached hydrogens (primary N) is 1. The standard InChI is InChI=1S/C17H25N5O2S.2ClH/c1-17(2,3)14(18)16(23)22-8-6-21(7-9-22)11-13-19-15(20-24-13)12-5-4-10-25-12;;/h4-5,10,14H,6-9,11,18H2,1-3H3;2*1H/t14-;;/m1../s1. The van der Waals surface area contributed by atoms with Gasteiger partial charge in [0, 0.05) is 26.2 Å². The first kappa shape index (κ1) is 23.8. The molecule has 152 valence electrons. The van der Waals surface area contributed by atoms with Gasteiger partial charge in [-0.15, -0.1) is 36.2 Å². The van der Waals surface area contributed by atoms with E-state index in [0.717, 1.165) is 18.0 Å². The Hall–Kier alpha value is -1.19. The van der Waals surface area contributed by atoms with E-state index in [0.29, 0.717) is 31.3 Å². The maximum absolute atomic E-state index is 12.5. The van der Waals surface area contributed by atoms with Crippen LogP contribution in [0.3, 0.4) is 0 Å². The maximum Gasteiger partial charge on any atom is 0.241 e. The molecular weight excluding hydrogens is 409 g/mol. The summed E-state index contributed by atoms with van der Waals surface area (Å²) in [5, 5.41) is 6.02. The number of hydrogen-bond donors (Lipinski definition) is 1. The molecule has 1 aliphatic rings. The zero-order valence-corrected chi connectivity index (χ0v) is 18.2. The van der Waals surface area contributed by atoms with Gasteiger partial charge >= 0.3 is 0 Å². The molecule has 2 N–H and O–H groups in total. The van der Waals surface area contributed by atoms with Crippen LogP contribution in [-0.4, -0.2) is 58.1 Å². The molecule has 0 unspecified atom stereocenters. The van der Waals surface area contributed by atoms with Crippen molar-refractivity contribution in [2.24, 2.45) is 11.1 Å². The van der Waals surface area contributed by atoms with E-state index in [-0.39, 0.29) is 36.1 Å². The minimum absolute atomic E-state index is 0. The van der Waals surface area contributed by atoms with Crippen LogP contribution < -0.4 is 5.73 Å². The van der Waals surface area contributed by atoms with Gasteiger partial charge in [-0.25, -0.2) is 0 Å². The highest BCUT2D eigenvalue weighted by Crippen LogP contribution is 2.22. The summed E-state index contributed by atoms with van der Waals surface area (Å²) >= 11 is 1.59. The Bertz CT molecular complexity index is 709. The molecule has 0 bridgehead atoms. The molecule has 7 nitrogen and oxygen atoms in total. The summed E-state index contributed by atoms with van der Waals surface area (Å²) < 4.78 is 5.35. The summed E-state index contributed by atoms with van der Waals surface area (Å²) in [6.45, 7) is 9.49. The summed E-state index contributed by atoms with van der Waals surface area (Å²) in [5.41, 5.74) is 5.87. The van der Waals surface area contributed by atoms with Crippen molar-refractivity contribution in [2.45, 2.75) is 33.4 Å². The highest BCUT2D eigenvalue weighted by molar-refractivity contribution is 7.13. The molecule has 3 heterocycles. The molecule has 1 saturated heterocycles. The molecule has 2 aromatic rings. The van der Waals surface area contributed by atoms with E-state index in [1.165, 1.54) is 0 Å². The second-order valence-electron chi connectivity index (χ2n) is 7.43. The number of carbonyl (C=O) groups excluding carboxylic acids is 1. The second-order valence-corrected chi connectivity index (χ2v) is 8.38. The number of aromatic nitrogens is 2. The number of carbonyl (C=O) groups is 1. The lowest BCUT2D eigenvalue weighted by Crippen LogP contribution is -2.56. The Morgan fingerprint density at radius 3 is 2.52 bits per heavy atom. The lowest BCUT2D eigenvalue weighted by atomic mass is 9.86. The molecule has 1 fully saturated rings. The zero-order valence-electron chi connectivity index (χ0n) is 15.8. The van der Waals surface area contributed by atoms with Gasteiger partial charge in [-0.3, -0.25) is 9.69 Å². The molecule has 0 aromatic carbocycles. The Morgan fingerprint density at radius 2 is 1.96 bits per heavy atom. The van der Waals surface area contributed by atoms with Crippen LogP contribution in [0.4, 0.5) is 0 Å². The summed E-state index contributed by atoms with van der Waals surface area (Å²) in [6.07, 6.45) is 0. The SMILES string of the molecule is CC(C)(C)[C@H](N)C(=O)N1CCN(Cc2nc(-c3cccs3)no2)CC1.Cl.Cl. The summed E-state index contributed by atoms with van der Waals surface area (Å²) in [4.78, 5) is 22.0. The summed E-state index contributed by atoms with van der Waals surface area (Å²) in [5.74, 6) is 1.27. The van der Waals surface area contributed by atoms with Crippen LogP contribution in [-0.2, 0) is 11.3 Å². The Morgan fingerprint density at radius 1 is 1.30 bits per heavy atom. The van der Waals surface area contributed by atoms with Gasteiger partial charge in [-0.2, -0.15) is 4.98 Å². The van der Waals surface area contributed by atoms with Crippen LogP contribution in [0.25, 0.3) is 10.7 Å². The summed E-state index contributed by atoms with van der Waals surface area (Å²) in [6, 6.07) is 3.47. The number of hydrogen-bond acceptors (Lipinski definition) is 7. The lowest BCUT2D eigenvalue weighted by molar-refractivity contribution is -0.136. The van der Waals surface area contributed by atoms with E-state index in [1.807, 2.05) is 43.2 Å². The molecule has 1 aliphatic heterocycles. The van der Waals surface area contributed by atoms with Crippen LogP contribution in [0.15, 0.2) is 22.0 Å².